The molecule has 9 heteroatoms. The van der Waals surface area contributed by atoms with E-state index in [2.05, 4.69) is 27.8 Å². The summed E-state index contributed by atoms with van der Waals surface area (Å²) in [5.41, 5.74) is 0.997. The summed E-state index contributed by atoms with van der Waals surface area (Å²) in [6, 6.07) is 0. The molecule has 1 fully saturated rings. The molecule has 1 aromatic rings. The third-order valence-corrected chi connectivity index (χ3v) is 6.57. The molecule has 2 heterocycles. The highest BCUT2D eigenvalue weighted by molar-refractivity contribution is 7.89. The molecule has 3 N–H and O–H groups in total. The van der Waals surface area contributed by atoms with E-state index in [1.165, 1.54) is 4.31 Å². The highest BCUT2D eigenvalue weighted by Gasteiger charge is 2.35. The van der Waals surface area contributed by atoms with Crippen molar-refractivity contribution < 1.29 is 13.2 Å². The average molecular weight is 372 g/mol. The van der Waals surface area contributed by atoms with Crippen molar-refractivity contribution in [3.8, 4) is 0 Å². The number of hydrogen-bond donors (Lipinski definition) is 3. The van der Waals surface area contributed by atoms with Crippen LogP contribution in [0.5, 0.6) is 0 Å². The Morgan fingerprint density at radius 2 is 2.08 bits per heavy atom. The van der Waals surface area contributed by atoms with Crippen LogP contribution in [0.1, 0.15) is 37.6 Å². The number of nitrogens with zero attached hydrogens (tertiary/aromatic N) is 2. The van der Waals surface area contributed by atoms with Crippen molar-refractivity contribution in [3.63, 3.8) is 0 Å². The van der Waals surface area contributed by atoms with Gasteiger partial charge in [-0.25, -0.2) is 8.42 Å². The van der Waals surface area contributed by atoms with Crippen molar-refractivity contribution >= 4 is 15.9 Å². The summed E-state index contributed by atoms with van der Waals surface area (Å²) in [7, 11) is -3.63. The fourth-order valence-electron chi connectivity index (χ4n) is 3.14. The minimum absolute atomic E-state index is 0.0705. The monoisotopic (exact) mass is 371 g/mol. The quantitative estimate of drug-likeness (QED) is 0.578. The zero-order chi connectivity index (χ0) is 18.4. The number of H-pyrrole nitrogens is 1. The molecule has 142 valence electrons. The number of rotatable bonds is 8. The van der Waals surface area contributed by atoms with Crippen LogP contribution in [0.15, 0.2) is 4.90 Å². The molecular formula is C16H29N5O3S. The van der Waals surface area contributed by atoms with Gasteiger partial charge in [-0.05, 0) is 39.7 Å². The Hall–Kier alpha value is -1.45. The summed E-state index contributed by atoms with van der Waals surface area (Å²) in [5.74, 6) is -0.374. The number of sulfonamides is 1. The summed E-state index contributed by atoms with van der Waals surface area (Å²) in [6.45, 7) is 8.33. The van der Waals surface area contributed by atoms with Crippen molar-refractivity contribution in [3.05, 3.63) is 11.4 Å². The summed E-state index contributed by atoms with van der Waals surface area (Å²) in [5, 5.41) is 12.8. The van der Waals surface area contributed by atoms with E-state index in [4.69, 9.17) is 0 Å². The minimum atomic E-state index is -3.63. The molecule has 1 atom stereocenters. The van der Waals surface area contributed by atoms with Gasteiger partial charge in [0.1, 0.15) is 4.90 Å². The van der Waals surface area contributed by atoms with Gasteiger partial charge in [-0.3, -0.25) is 9.89 Å². The number of nitrogens with one attached hydrogen (secondary N) is 3. The highest BCUT2D eigenvalue weighted by Crippen LogP contribution is 2.26. The molecule has 1 aliphatic rings. The molecule has 0 saturated carbocycles. The van der Waals surface area contributed by atoms with Crippen LogP contribution in [0.25, 0.3) is 0 Å². The van der Waals surface area contributed by atoms with Crippen molar-refractivity contribution in [1.29, 1.82) is 0 Å². The number of amides is 1. The molecule has 1 aromatic heterocycles. The van der Waals surface area contributed by atoms with Crippen LogP contribution in [0.4, 0.5) is 0 Å². The van der Waals surface area contributed by atoms with Gasteiger partial charge < -0.3 is 10.6 Å². The van der Waals surface area contributed by atoms with Crippen LogP contribution in [-0.2, 0) is 14.8 Å². The Morgan fingerprint density at radius 3 is 2.72 bits per heavy atom. The first-order valence-electron chi connectivity index (χ1n) is 8.88. The van der Waals surface area contributed by atoms with Crippen LogP contribution in [0.3, 0.4) is 0 Å². The lowest BCUT2D eigenvalue weighted by Gasteiger charge is -2.31. The fraction of sp³-hybridized carbons (Fsp3) is 0.750. The van der Waals surface area contributed by atoms with Gasteiger partial charge in [0.05, 0.1) is 17.3 Å². The first-order chi connectivity index (χ1) is 11.9. The molecule has 2 rings (SSSR count). The standard InChI is InChI=1S/C16H29N5O3S/c1-4-7-17-8-9-18-16(22)14-6-5-10-21(11-14)25(23,24)15-12(2)19-20-13(15)3/h14,17H,4-11H2,1-3H3,(H,18,22)(H,19,20). The molecule has 0 spiro atoms. The van der Waals surface area contributed by atoms with Gasteiger partial charge in [0.2, 0.25) is 15.9 Å². The zero-order valence-corrected chi connectivity index (χ0v) is 16.1. The van der Waals surface area contributed by atoms with Crippen molar-refractivity contribution in [1.82, 2.24) is 25.1 Å². The van der Waals surface area contributed by atoms with Crippen LogP contribution in [0.2, 0.25) is 0 Å². The summed E-state index contributed by atoms with van der Waals surface area (Å²) >= 11 is 0. The van der Waals surface area contributed by atoms with E-state index in [0.29, 0.717) is 37.3 Å². The largest absolute Gasteiger partial charge is 0.355 e. The van der Waals surface area contributed by atoms with E-state index in [-0.39, 0.29) is 23.3 Å². The normalized spacial score (nSPS) is 19.1. The maximum absolute atomic E-state index is 12.9. The minimum Gasteiger partial charge on any atom is -0.355 e. The van der Waals surface area contributed by atoms with E-state index in [1.807, 2.05) is 0 Å². The number of carbonyl (C=O) groups excluding carboxylic acids is 1. The summed E-state index contributed by atoms with van der Waals surface area (Å²) in [4.78, 5) is 12.6. The van der Waals surface area contributed by atoms with E-state index >= 15 is 0 Å². The van der Waals surface area contributed by atoms with Gasteiger partial charge in [0.15, 0.2) is 0 Å². The smallest absolute Gasteiger partial charge is 0.246 e. The Morgan fingerprint density at radius 1 is 1.32 bits per heavy atom. The van der Waals surface area contributed by atoms with E-state index in [0.717, 1.165) is 19.5 Å². The Kier molecular flexibility index (Phi) is 6.97. The third-order valence-electron chi connectivity index (χ3n) is 4.44. The van der Waals surface area contributed by atoms with Gasteiger partial charge in [0.25, 0.3) is 0 Å². The van der Waals surface area contributed by atoms with Crippen LogP contribution in [-0.4, -0.2) is 61.6 Å². The maximum atomic E-state index is 12.9. The van der Waals surface area contributed by atoms with E-state index in [1.54, 1.807) is 13.8 Å². The van der Waals surface area contributed by atoms with Gasteiger partial charge in [-0.2, -0.15) is 9.40 Å². The lowest BCUT2D eigenvalue weighted by atomic mass is 9.99. The SMILES string of the molecule is CCCNCCNC(=O)C1CCCN(S(=O)(=O)c2c(C)n[nH]c2C)C1. The average Bonchev–Trinajstić information content (AvgIpc) is 2.94. The van der Waals surface area contributed by atoms with Crippen molar-refractivity contribution in [2.24, 2.45) is 5.92 Å². The number of piperidine rings is 1. The fourth-order valence-corrected chi connectivity index (χ4v) is 5.00. The Bertz CT molecular complexity index is 666. The molecule has 0 bridgehead atoms. The number of aryl methyl sites for hydroxylation is 2. The summed E-state index contributed by atoms with van der Waals surface area (Å²) < 4.78 is 27.2. The molecule has 1 aliphatic heterocycles. The Labute approximate surface area is 149 Å². The van der Waals surface area contributed by atoms with Crippen molar-refractivity contribution in [2.45, 2.75) is 44.9 Å². The molecule has 25 heavy (non-hydrogen) atoms. The molecule has 8 nitrogen and oxygen atoms in total. The van der Waals surface area contributed by atoms with E-state index < -0.39 is 10.0 Å². The Balaban J connectivity index is 1.97. The number of carbonyl (C=O) groups is 1. The zero-order valence-electron chi connectivity index (χ0n) is 15.3. The molecular weight excluding hydrogens is 342 g/mol. The molecule has 0 aromatic carbocycles. The van der Waals surface area contributed by atoms with Gasteiger partial charge in [-0.15, -0.1) is 0 Å². The second kappa shape index (κ2) is 8.77. The second-order valence-corrected chi connectivity index (χ2v) is 8.38. The highest BCUT2D eigenvalue weighted by atomic mass is 32.2. The van der Waals surface area contributed by atoms with Gasteiger partial charge in [-0.1, -0.05) is 6.92 Å². The molecule has 1 amide bonds. The van der Waals surface area contributed by atoms with Crippen LogP contribution < -0.4 is 10.6 Å². The molecule has 0 radical (unpaired) electrons. The molecule has 1 saturated heterocycles. The lowest BCUT2D eigenvalue weighted by Crippen LogP contribution is -2.46. The first-order valence-corrected chi connectivity index (χ1v) is 10.3. The van der Waals surface area contributed by atoms with Crippen LogP contribution >= 0.6 is 0 Å². The number of aromatic nitrogens is 2. The van der Waals surface area contributed by atoms with Gasteiger partial charge in [0, 0.05) is 26.2 Å². The second-order valence-electron chi connectivity index (χ2n) is 6.51. The number of hydrogen-bond acceptors (Lipinski definition) is 5. The molecule has 0 aliphatic carbocycles. The van der Waals surface area contributed by atoms with E-state index in [9.17, 15) is 13.2 Å². The lowest BCUT2D eigenvalue weighted by molar-refractivity contribution is -0.126. The number of aromatic amines is 1. The maximum Gasteiger partial charge on any atom is 0.246 e. The van der Waals surface area contributed by atoms with Gasteiger partial charge >= 0.3 is 0 Å². The predicted octanol–water partition coefficient (Wildman–Crippen LogP) is 0.543. The third kappa shape index (κ3) is 4.80. The van der Waals surface area contributed by atoms with Crippen molar-refractivity contribution in [2.75, 3.05) is 32.7 Å². The predicted molar refractivity (Wildman–Crippen MR) is 95.7 cm³/mol. The van der Waals surface area contributed by atoms with Crippen LogP contribution in [0, 0.1) is 19.8 Å². The topological polar surface area (TPSA) is 107 Å². The molecule has 1 unspecified atom stereocenters. The first kappa shape index (κ1) is 19.9. The summed E-state index contributed by atoms with van der Waals surface area (Å²) in [6.07, 6.45) is 2.45.